The SMILES string of the molecule is CC[C@H](C)[C@H](N)C(=O)[O-].[Na+]. The van der Waals surface area contributed by atoms with Crippen LogP contribution in [0.15, 0.2) is 0 Å². The van der Waals surface area contributed by atoms with E-state index in [9.17, 15) is 9.90 Å². The van der Waals surface area contributed by atoms with Crippen LogP contribution in [0.2, 0.25) is 0 Å². The van der Waals surface area contributed by atoms with E-state index in [1.807, 2.05) is 6.92 Å². The number of hydrogen-bond donors (Lipinski definition) is 1. The molecule has 0 aromatic heterocycles. The summed E-state index contributed by atoms with van der Waals surface area (Å²) < 4.78 is 0. The summed E-state index contributed by atoms with van der Waals surface area (Å²) in [5.41, 5.74) is 5.21. The summed E-state index contributed by atoms with van der Waals surface area (Å²) >= 11 is 0. The second-order valence-corrected chi connectivity index (χ2v) is 2.23. The van der Waals surface area contributed by atoms with Gasteiger partial charge in [-0.3, -0.25) is 0 Å². The van der Waals surface area contributed by atoms with Gasteiger partial charge in [-0.25, -0.2) is 0 Å². The molecule has 0 amide bonds. The van der Waals surface area contributed by atoms with E-state index in [1.54, 1.807) is 6.92 Å². The molecule has 0 aliphatic carbocycles. The Balaban J connectivity index is 0. The predicted molar refractivity (Wildman–Crippen MR) is 32.4 cm³/mol. The molecule has 0 radical (unpaired) electrons. The van der Waals surface area contributed by atoms with Gasteiger partial charge in [-0.1, -0.05) is 20.3 Å². The molecular formula is C6H12NNaO2. The maximum absolute atomic E-state index is 10.1. The van der Waals surface area contributed by atoms with Crippen LogP contribution in [0, 0.1) is 5.92 Å². The Bertz CT molecular complexity index is 108. The van der Waals surface area contributed by atoms with Gasteiger partial charge >= 0.3 is 29.6 Å². The second kappa shape index (κ2) is 6.16. The van der Waals surface area contributed by atoms with Crippen LogP contribution in [0.3, 0.4) is 0 Å². The van der Waals surface area contributed by atoms with E-state index in [4.69, 9.17) is 5.73 Å². The minimum absolute atomic E-state index is 0. The Labute approximate surface area is 83.3 Å². The van der Waals surface area contributed by atoms with Crippen LogP contribution in [-0.4, -0.2) is 12.0 Å². The molecule has 0 aromatic carbocycles. The van der Waals surface area contributed by atoms with Crippen molar-refractivity contribution in [3.8, 4) is 0 Å². The van der Waals surface area contributed by atoms with E-state index in [0.717, 1.165) is 6.42 Å². The first-order valence-corrected chi connectivity index (χ1v) is 3.06. The summed E-state index contributed by atoms with van der Waals surface area (Å²) in [6.07, 6.45) is 0.773. The molecule has 3 nitrogen and oxygen atoms in total. The molecule has 0 rings (SSSR count). The molecule has 0 aliphatic rings. The zero-order chi connectivity index (χ0) is 7.44. The predicted octanol–water partition coefficient (Wildman–Crippen LogP) is -3.89. The third-order valence-corrected chi connectivity index (χ3v) is 1.53. The zero-order valence-corrected chi connectivity index (χ0v) is 8.76. The van der Waals surface area contributed by atoms with Crippen LogP contribution in [-0.2, 0) is 4.79 Å². The summed E-state index contributed by atoms with van der Waals surface area (Å²) in [6, 6.07) is -0.810. The van der Waals surface area contributed by atoms with Crippen molar-refractivity contribution in [3.63, 3.8) is 0 Å². The fourth-order valence-electron chi connectivity index (χ4n) is 0.486. The summed E-state index contributed by atoms with van der Waals surface area (Å²) in [7, 11) is 0. The monoisotopic (exact) mass is 153 g/mol. The van der Waals surface area contributed by atoms with Crippen molar-refractivity contribution in [1.29, 1.82) is 0 Å². The number of aliphatic carboxylic acids is 1. The van der Waals surface area contributed by atoms with Gasteiger partial charge in [0.2, 0.25) is 0 Å². The molecule has 0 unspecified atom stereocenters. The largest absolute Gasteiger partial charge is 1.00 e. The van der Waals surface area contributed by atoms with Crippen molar-refractivity contribution in [1.82, 2.24) is 0 Å². The minimum atomic E-state index is -1.16. The molecule has 0 saturated heterocycles. The van der Waals surface area contributed by atoms with Gasteiger partial charge in [0, 0.05) is 6.04 Å². The topological polar surface area (TPSA) is 66.2 Å². The van der Waals surface area contributed by atoms with Crippen molar-refractivity contribution >= 4 is 5.97 Å². The Morgan fingerprint density at radius 1 is 1.70 bits per heavy atom. The average molecular weight is 153 g/mol. The fraction of sp³-hybridized carbons (Fsp3) is 0.833. The van der Waals surface area contributed by atoms with Crippen molar-refractivity contribution in [2.45, 2.75) is 26.3 Å². The van der Waals surface area contributed by atoms with Crippen LogP contribution in [0.1, 0.15) is 20.3 Å². The molecular weight excluding hydrogens is 141 g/mol. The maximum atomic E-state index is 10.1. The van der Waals surface area contributed by atoms with Crippen molar-refractivity contribution in [2.24, 2.45) is 11.7 Å². The van der Waals surface area contributed by atoms with Crippen LogP contribution in [0.5, 0.6) is 0 Å². The molecule has 0 aliphatic heterocycles. The molecule has 0 bridgehead atoms. The summed E-state index contributed by atoms with van der Waals surface area (Å²) in [6.45, 7) is 3.69. The number of carboxylic acids is 1. The summed E-state index contributed by atoms with van der Waals surface area (Å²) in [4.78, 5) is 10.1. The van der Waals surface area contributed by atoms with Gasteiger partial charge in [0.1, 0.15) is 0 Å². The molecule has 0 saturated carbocycles. The number of carbonyl (C=O) groups is 1. The van der Waals surface area contributed by atoms with E-state index in [0.29, 0.717) is 0 Å². The van der Waals surface area contributed by atoms with Gasteiger partial charge in [-0.15, -0.1) is 0 Å². The number of hydrogen-bond acceptors (Lipinski definition) is 3. The van der Waals surface area contributed by atoms with Crippen molar-refractivity contribution in [3.05, 3.63) is 0 Å². The Morgan fingerprint density at radius 2 is 2.10 bits per heavy atom. The molecule has 0 aromatic rings. The smallest absolute Gasteiger partial charge is 0.548 e. The molecule has 0 heterocycles. The minimum Gasteiger partial charge on any atom is -0.548 e. The van der Waals surface area contributed by atoms with Crippen LogP contribution in [0.4, 0.5) is 0 Å². The number of rotatable bonds is 3. The number of carbonyl (C=O) groups excluding carboxylic acids is 1. The third kappa shape index (κ3) is 4.28. The summed E-state index contributed by atoms with van der Waals surface area (Å²) in [5.74, 6) is -1.15. The van der Waals surface area contributed by atoms with Crippen molar-refractivity contribution in [2.75, 3.05) is 0 Å². The molecule has 10 heavy (non-hydrogen) atoms. The van der Waals surface area contributed by atoms with Gasteiger partial charge in [0.25, 0.3) is 0 Å². The number of carboxylic acid groups (broad SMARTS) is 1. The van der Waals surface area contributed by atoms with E-state index in [1.165, 1.54) is 0 Å². The molecule has 4 heteroatoms. The first-order chi connectivity index (χ1) is 4.09. The number of nitrogens with two attached hydrogens (primary N) is 1. The zero-order valence-electron chi connectivity index (χ0n) is 6.76. The Hall–Kier alpha value is 0.430. The van der Waals surface area contributed by atoms with Crippen LogP contribution < -0.4 is 40.4 Å². The van der Waals surface area contributed by atoms with E-state index >= 15 is 0 Å². The van der Waals surface area contributed by atoms with Gasteiger partial charge in [-0.2, -0.15) is 0 Å². The van der Waals surface area contributed by atoms with Crippen molar-refractivity contribution < 1.29 is 39.5 Å². The molecule has 0 fully saturated rings. The van der Waals surface area contributed by atoms with E-state index in [-0.39, 0.29) is 35.5 Å². The Morgan fingerprint density at radius 3 is 2.20 bits per heavy atom. The van der Waals surface area contributed by atoms with E-state index in [2.05, 4.69) is 0 Å². The third-order valence-electron chi connectivity index (χ3n) is 1.53. The van der Waals surface area contributed by atoms with Crippen LogP contribution in [0.25, 0.3) is 0 Å². The van der Waals surface area contributed by atoms with Gasteiger partial charge in [0.05, 0.1) is 5.97 Å². The first-order valence-electron chi connectivity index (χ1n) is 3.06. The second-order valence-electron chi connectivity index (χ2n) is 2.23. The fourth-order valence-corrected chi connectivity index (χ4v) is 0.486. The molecule has 2 N–H and O–H groups in total. The molecule has 0 spiro atoms. The van der Waals surface area contributed by atoms with Gasteiger partial charge < -0.3 is 15.6 Å². The normalized spacial score (nSPS) is 15.1. The average Bonchev–Trinajstić information content (AvgIpc) is 1.84. The Kier molecular flexibility index (Phi) is 8.04. The van der Waals surface area contributed by atoms with Crippen LogP contribution >= 0.6 is 0 Å². The molecule has 2 atom stereocenters. The first kappa shape index (κ1) is 13.1. The maximum Gasteiger partial charge on any atom is 1.00 e. The van der Waals surface area contributed by atoms with Gasteiger partial charge in [-0.05, 0) is 5.92 Å². The quantitative estimate of drug-likeness (QED) is 0.422. The summed E-state index contributed by atoms with van der Waals surface area (Å²) in [5, 5.41) is 10.1. The standard InChI is InChI=1S/C6H13NO2.Na/c1-3-4(2)5(7)6(8)9;/h4-5H,3,7H2,1-2H3,(H,8,9);/q;+1/p-1/t4-,5-;/m0./s1. The molecule has 54 valence electrons. The van der Waals surface area contributed by atoms with Gasteiger partial charge in [0.15, 0.2) is 0 Å². The van der Waals surface area contributed by atoms with E-state index < -0.39 is 12.0 Å².